The first-order valence-corrected chi connectivity index (χ1v) is 11.4. The fraction of sp³-hybridized carbons (Fsp3) is 0.136. The second-order valence-corrected chi connectivity index (χ2v) is 9.22. The highest BCUT2D eigenvalue weighted by atomic mass is 35.5. The summed E-state index contributed by atoms with van der Waals surface area (Å²) in [5.74, 6) is -0.198. The Morgan fingerprint density at radius 1 is 1.09 bits per heavy atom. The largest absolute Gasteiger partial charge is 0.497 e. The number of benzene rings is 3. The molecule has 0 spiro atoms. The predicted molar refractivity (Wildman–Crippen MR) is 125 cm³/mol. The van der Waals surface area contributed by atoms with E-state index < -0.39 is 27.4 Å². The highest BCUT2D eigenvalue weighted by Gasteiger charge is 2.28. The summed E-state index contributed by atoms with van der Waals surface area (Å²) in [5.41, 5.74) is 0.536. The fourth-order valence-corrected chi connectivity index (χ4v) is 4.62. The smallest absolute Gasteiger partial charge is 0.274 e. The average molecular weight is 490 g/mol. The van der Waals surface area contributed by atoms with Crippen molar-refractivity contribution in [2.75, 3.05) is 23.3 Å². The van der Waals surface area contributed by atoms with E-state index in [0.29, 0.717) is 10.8 Å². The first kappa shape index (κ1) is 24.0. The summed E-state index contributed by atoms with van der Waals surface area (Å²) >= 11 is 5.94. The molecule has 33 heavy (non-hydrogen) atoms. The van der Waals surface area contributed by atoms with Crippen molar-refractivity contribution < 1.29 is 22.9 Å². The molecule has 172 valence electrons. The van der Waals surface area contributed by atoms with Gasteiger partial charge >= 0.3 is 0 Å². The molecule has 3 rings (SSSR count). The van der Waals surface area contributed by atoms with E-state index >= 15 is 0 Å². The summed E-state index contributed by atoms with van der Waals surface area (Å²) in [6.07, 6.45) is 0. The summed E-state index contributed by atoms with van der Waals surface area (Å²) in [4.78, 5) is 23.4. The maximum atomic E-state index is 13.4. The van der Waals surface area contributed by atoms with Crippen molar-refractivity contribution in [3.05, 3.63) is 87.4 Å². The van der Waals surface area contributed by atoms with E-state index in [1.54, 1.807) is 0 Å². The van der Waals surface area contributed by atoms with Crippen LogP contribution in [0.1, 0.15) is 5.56 Å². The SMILES string of the molecule is COc1ccc(S(=O)(=O)N(CC(=O)Nc2cccc([N+](=O)[O-])c2C)c2ccc(Cl)cc2)cc1. The number of nitrogens with zero attached hydrogens (tertiary/aromatic N) is 2. The number of hydrogen-bond donors (Lipinski definition) is 1. The number of nitrogens with one attached hydrogen (secondary N) is 1. The first-order chi connectivity index (χ1) is 15.6. The van der Waals surface area contributed by atoms with Crippen LogP contribution in [0.5, 0.6) is 5.75 Å². The van der Waals surface area contributed by atoms with Crippen molar-refractivity contribution in [2.45, 2.75) is 11.8 Å². The zero-order valence-corrected chi connectivity index (χ0v) is 19.3. The van der Waals surface area contributed by atoms with Gasteiger partial charge in [-0.05, 0) is 61.5 Å². The van der Waals surface area contributed by atoms with Crippen LogP contribution in [0.2, 0.25) is 5.02 Å². The highest BCUT2D eigenvalue weighted by molar-refractivity contribution is 7.92. The zero-order chi connectivity index (χ0) is 24.2. The van der Waals surface area contributed by atoms with E-state index in [2.05, 4.69) is 5.32 Å². The van der Waals surface area contributed by atoms with Crippen molar-refractivity contribution >= 4 is 44.6 Å². The number of ether oxygens (including phenoxy) is 1. The number of hydrogen-bond acceptors (Lipinski definition) is 6. The van der Waals surface area contributed by atoms with Crippen molar-refractivity contribution in [1.82, 2.24) is 0 Å². The Morgan fingerprint density at radius 3 is 2.30 bits per heavy atom. The number of carbonyl (C=O) groups is 1. The van der Waals surface area contributed by atoms with Crippen LogP contribution in [0.4, 0.5) is 17.1 Å². The molecule has 11 heteroatoms. The quantitative estimate of drug-likeness (QED) is 0.370. The number of rotatable bonds is 8. The van der Waals surface area contributed by atoms with Crippen LogP contribution in [0.25, 0.3) is 0 Å². The van der Waals surface area contributed by atoms with Gasteiger partial charge in [-0.1, -0.05) is 17.7 Å². The molecule has 3 aromatic carbocycles. The van der Waals surface area contributed by atoms with Crippen molar-refractivity contribution in [3.63, 3.8) is 0 Å². The Hall–Kier alpha value is -3.63. The lowest BCUT2D eigenvalue weighted by atomic mass is 10.1. The monoisotopic (exact) mass is 489 g/mol. The lowest BCUT2D eigenvalue weighted by Crippen LogP contribution is -2.38. The van der Waals surface area contributed by atoms with Gasteiger partial charge in [-0.25, -0.2) is 8.42 Å². The van der Waals surface area contributed by atoms with Gasteiger partial charge in [-0.3, -0.25) is 19.2 Å². The lowest BCUT2D eigenvalue weighted by molar-refractivity contribution is -0.385. The molecule has 0 fully saturated rings. The topological polar surface area (TPSA) is 119 Å². The van der Waals surface area contributed by atoms with Crippen LogP contribution in [0.15, 0.2) is 71.6 Å². The number of amides is 1. The molecule has 9 nitrogen and oxygen atoms in total. The van der Waals surface area contributed by atoms with Gasteiger partial charge < -0.3 is 10.1 Å². The highest BCUT2D eigenvalue weighted by Crippen LogP contribution is 2.28. The Balaban J connectivity index is 1.95. The average Bonchev–Trinajstić information content (AvgIpc) is 2.79. The van der Waals surface area contributed by atoms with E-state index in [-0.39, 0.29) is 27.5 Å². The van der Waals surface area contributed by atoms with E-state index in [1.165, 1.54) is 80.8 Å². The number of nitro groups is 1. The standard InChI is InChI=1S/C22H20ClN3O6S/c1-15-20(4-3-5-21(15)26(28)29)24-22(27)14-25(17-8-6-16(23)7-9-17)33(30,31)19-12-10-18(32-2)11-13-19/h3-13H,14H2,1-2H3,(H,24,27). The third-order valence-corrected chi connectivity index (χ3v) is 6.87. The van der Waals surface area contributed by atoms with Crippen molar-refractivity contribution in [2.24, 2.45) is 0 Å². The molecule has 0 aromatic heterocycles. The van der Waals surface area contributed by atoms with Crippen LogP contribution in [0.3, 0.4) is 0 Å². The van der Waals surface area contributed by atoms with Crippen molar-refractivity contribution in [1.29, 1.82) is 0 Å². The van der Waals surface area contributed by atoms with Crippen LogP contribution >= 0.6 is 11.6 Å². The van der Waals surface area contributed by atoms with E-state index in [4.69, 9.17) is 16.3 Å². The summed E-state index contributed by atoms with van der Waals surface area (Å²) in [7, 11) is -2.68. The van der Waals surface area contributed by atoms with E-state index in [1.807, 2.05) is 0 Å². The van der Waals surface area contributed by atoms with Gasteiger partial charge in [0.05, 0.1) is 33.9 Å². The third kappa shape index (κ3) is 5.41. The Kier molecular flexibility index (Phi) is 7.19. The van der Waals surface area contributed by atoms with E-state index in [0.717, 1.165) is 4.31 Å². The lowest BCUT2D eigenvalue weighted by Gasteiger charge is -2.24. The molecule has 0 bridgehead atoms. The van der Waals surface area contributed by atoms with E-state index in [9.17, 15) is 23.3 Å². The molecular formula is C22H20ClN3O6S. The van der Waals surface area contributed by atoms with Gasteiger partial charge in [0.1, 0.15) is 12.3 Å². The number of sulfonamides is 1. The maximum Gasteiger partial charge on any atom is 0.274 e. The second-order valence-electron chi connectivity index (χ2n) is 6.92. The molecule has 0 radical (unpaired) electrons. The zero-order valence-electron chi connectivity index (χ0n) is 17.7. The van der Waals surface area contributed by atoms with Gasteiger partial charge in [0, 0.05) is 11.1 Å². The molecular weight excluding hydrogens is 470 g/mol. The molecule has 0 atom stereocenters. The predicted octanol–water partition coefficient (Wildman–Crippen LogP) is 4.40. The van der Waals surface area contributed by atoms with Crippen molar-refractivity contribution in [3.8, 4) is 5.75 Å². The molecule has 0 aliphatic rings. The van der Waals surface area contributed by atoms with Gasteiger partial charge in [0.15, 0.2) is 0 Å². The minimum atomic E-state index is -4.15. The Morgan fingerprint density at radius 2 is 1.73 bits per heavy atom. The second kappa shape index (κ2) is 9.88. The van der Waals surface area contributed by atoms with Gasteiger partial charge in [0.2, 0.25) is 5.91 Å². The number of nitro benzene ring substituents is 1. The number of anilines is 2. The number of carbonyl (C=O) groups excluding carboxylic acids is 1. The summed E-state index contributed by atoms with van der Waals surface area (Å²) < 4.78 is 32.8. The molecule has 0 aliphatic carbocycles. The number of methoxy groups -OCH3 is 1. The normalized spacial score (nSPS) is 11.0. The molecule has 0 aliphatic heterocycles. The molecule has 0 heterocycles. The Labute approximate surface area is 195 Å². The van der Waals surface area contributed by atoms with Gasteiger partial charge in [-0.2, -0.15) is 0 Å². The van der Waals surface area contributed by atoms with Crippen LogP contribution in [-0.4, -0.2) is 32.9 Å². The number of halogens is 1. The minimum Gasteiger partial charge on any atom is -0.497 e. The molecule has 1 N–H and O–H groups in total. The minimum absolute atomic E-state index is 0.0439. The maximum absolute atomic E-state index is 13.4. The first-order valence-electron chi connectivity index (χ1n) is 9.59. The van der Waals surface area contributed by atoms with Gasteiger partial charge in [-0.15, -0.1) is 0 Å². The third-order valence-electron chi connectivity index (χ3n) is 4.83. The Bertz CT molecular complexity index is 1280. The summed E-state index contributed by atoms with van der Waals surface area (Å²) in [6.45, 7) is 0.928. The summed E-state index contributed by atoms with van der Waals surface area (Å²) in [6, 6.07) is 16.0. The van der Waals surface area contributed by atoms with Gasteiger partial charge in [0.25, 0.3) is 15.7 Å². The van der Waals surface area contributed by atoms with Crippen LogP contribution < -0.4 is 14.4 Å². The fourth-order valence-electron chi connectivity index (χ4n) is 3.07. The van der Waals surface area contributed by atoms with Crippen LogP contribution in [-0.2, 0) is 14.8 Å². The molecule has 1 amide bonds. The summed E-state index contributed by atoms with van der Waals surface area (Å²) in [5, 5.41) is 14.1. The molecule has 0 saturated carbocycles. The molecule has 3 aromatic rings. The van der Waals surface area contributed by atoms with Crippen LogP contribution in [0, 0.1) is 17.0 Å². The molecule has 0 unspecified atom stereocenters. The molecule has 0 saturated heterocycles.